The summed E-state index contributed by atoms with van der Waals surface area (Å²) in [5.74, 6) is -0.187. The summed E-state index contributed by atoms with van der Waals surface area (Å²) in [5, 5.41) is 12.1. The SMILES string of the molecule is NCCn1cc(C(=O)NC2CCN(Cc3cc(Cl)cc(Cl)c3)CC2)nn1. The average Bonchev–Trinajstić information content (AvgIpc) is 3.05. The van der Waals surface area contributed by atoms with Crippen molar-refractivity contribution in [2.24, 2.45) is 5.73 Å². The molecular formula is C17H22Cl2N6O. The first-order valence-corrected chi connectivity index (χ1v) is 9.37. The molecule has 140 valence electrons. The Hall–Kier alpha value is -1.67. The van der Waals surface area contributed by atoms with Crippen molar-refractivity contribution in [3.63, 3.8) is 0 Å². The van der Waals surface area contributed by atoms with E-state index in [0.29, 0.717) is 28.8 Å². The van der Waals surface area contributed by atoms with Gasteiger partial charge in [0.1, 0.15) is 0 Å². The third-order valence-electron chi connectivity index (χ3n) is 4.38. The van der Waals surface area contributed by atoms with E-state index in [1.165, 1.54) is 0 Å². The first-order chi connectivity index (χ1) is 12.5. The molecule has 0 bridgehead atoms. The minimum absolute atomic E-state index is 0.140. The van der Waals surface area contributed by atoms with Crippen molar-refractivity contribution in [2.75, 3.05) is 19.6 Å². The van der Waals surface area contributed by atoms with Gasteiger partial charge >= 0.3 is 0 Å². The molecule has 1 amide bonds. The Balaban J connectivity index is 1.47. The van der Waals surface area contributed by atoms with Gasteiger partial charge in [-0.25, -0.2) is 0 Å². The molecule has 26 heavy (non-hydrogen) atoms. The number of aromatic nitrogens is 3. The Kier molecular flexibility index (Phi) is 6.48. The lowest BCUT2D eigenvalue weighted by Gasteiger charge is -2.32. The number of carbonyl (C=O) groups excluding carboxylic acids is 1. The lowest BCUT2D eigenvalue weighted by atomic mass is 10.0. The second-order valence-electron chi connectivity index (χ2n) is 6.46. The Morgan fingerprint density at radius 1 is 1.23 bits per heavy atom. The zero-order valence-corrected chi connectivity index (χ0v) is 15.9. The monoisotopic (exact) mass is 396 g/mol. The Morgan fingerprint density at radius 2 is 1.92 bits per heavy atom. The van der Waals surface area contributed by atoms with E-state index in [0.717, 1.165) is 38.0 Å². The zero-order valence-electron chi connectivity index (χ0n) is 14.4. The minimum Gasteiger partial charge on any atom is -0.348 e. The zero-order chi connectivity index (χ0) is 18.5. The average molecular weight is 397 g/mol. The Labute approximate surface area is 162 Å². The Morgan fingerprint density at radius 3 is 2.58 bits per heavy atom. The molecule has 2 heterocycles. The van der Waals surface area contributed by atoms with E-state index in [-0.39, 0.29) is 11.9 Å². The molecule has 1 aromatic carbocycles. The molecule has 9 heteroatoms. The Bertz CT molecular complexity index is 737. The fraction of sp³-hybridized carbons (Fsp3) is 0.471. The smallest absolute Gasteiger partial charge is 0.273 e. The maximum Gasteiger partial charge on any atom is 0.273 e. The van der Waals surface area contributed by atoms with E-state index in [4.69, 9.17) is 28.9 Å². The van der Waals surface area contributed by atoms with Crippen molar-refractivity contribution in [3.8, 4) is 0 Å². The van der Waals surface area contributed by atoms with Gasteiger partial charge < -0.3 is 11.1 Å². The fourth-order valence-corrected chi connectivity index (χ4v) is 3.67. The van der Waals surface area contributed by atoms with Gasteiger partial charge in [0.05, 0.1) is 12.7 Å². The second kappa shape index (κ2) is 8.81. The van der Waals surface area contributed by atoms with E-state index in [1.54, 1.807) is 16.9 Å². The summed E-state index contributed by atoms with van der Waals surface area (Å²) >= 11 is 12.1. The summed E-state index contributed by atoms with van der Waals surface area (Å²) in [5.41, 5.74) is 6.90. The van der Waals surface area contributed by atoms with Crippen LogP contribution in [0.4, 0.5) is 0 Å². The molecule has 1 aromatic heterocycles. The highest BCUT2D eigenvalue weighted by molar-refractivity contribution is 6.34. The van der Waals surface area contributed by atoms with Crippen molar-refractivity contribution < 1.29 is 4.79 Å². The van der Waals surface area contributed by atoms with Gasteiger partial charge in [0.2, 0.25) is 0 Å². The molecule has 7 nitrogen and oxygen atoms in total. The molecule has 0 atom stereocenters. The first kappa shape index (κ1) is 19.1. The number of piperidine rings is 1. The summed E-state index contributed by atoms with van der Waals surface area (Å²) in [6.45, 7) is 3.60. The molecule has 1 aliphatic heterocycles. The van der Waals surface area contributed by atoms with Gasteiger partial charge in [-0.05, 0) is 36.6 Å². The van der Waals surface area contributed by atoms with Crippen LogP contribution in [-0.4, -0.2) is 51.5 Å². The van der Waals surface area contributed by atoms with Gasteiger partial charge in [-0.2, -0.15) is 0 Å². The number of halogens is 2. The van der Waals surface area contributed by atoms with Crippen LogP contribution in [0.3, 0.4) is 0 Å². The van der Waals surface area contributed by atoms with Crippen LogP contribution in [0.25, 0.3) is 0 Å². The molecule has 3 N–H and O–H groups in total. The van der Waals surface area contributed by atoms with Crippen molar-refractivity contribution in [2.45, 2.75) is 32.0 Å². The van der Waals surface area contributed by atoms with Gasteiger partial charge in [-0.3, -0.25) is 14.4 Å². The molecule has 0 unspecified atom stereocenters. The van der Waals surface area contributed by atoms with Crippen molar-refractivity contribution >= 4 is 29.1 Å². The van der Waals surface area contributed by atoms with E-state index >= 15 is 0 Å². The molecule has 2 aromatic rings. The van der Waals surface area contributed by atoms with Crippen LogP contribution in [0.2, 0.25) is 10.0 Å². The lowest BCUT2D eigenvalue weighted by molar-refractivity contribution is 0.0904. The molecule has 1 aliphatic rings. The van der Waals surface area contributed by atoms with Crippen LogP contribution in [0.15, 0.2) is 24.4 Å². The van der Waals surface area contributed by atoms with Crippen LogP contribution in [0.1, 0.15) is 28.9 Å². The molecule has 0 saturated carbocycles. The summed E-state index contributed by atoms with van der Waals surface area (Å²) in [6, 6.07) is 5.75. The number of amides is 1. The molecule has 1 fully saturated rings. The topological polar surface area (TPSA) is 89.1 Å². The number of carbonyl (C=O) groups is 1. The standard InChI is InChI=1S/C17H22Cl2N6O/c18-13-7-12(8-14(19)9-13)10-24-4-1-15(2-5-24)21-17(26)16-11-25(6-3-20)23-22-16/h7-9,11,15H,1-6,10,20H2,(H,21,26). The maximum atomic E-state index is 12.3. The minimum atomic E-state index is -0.187. The molecule has 0 radical (unpaired) electrons. The normalized spacial score (nSPS) is 16.0. The molecular weight excluding hydrogens is 375 g/mol. The number of benzene rings is 1. The first-order valence-electron chi connectivity index (χ1n) is 8.62. The van der Waals surface area contributed by atoms with Crippen LogP contribution < -0.4 is 11.1 Å². The van der Waals surface area contributed by atoms with E-state index in [2.05, 4.69) is 20.5 Å². The second-order valence-corrected chi connectivity index (χ2v) is 7.33. The van der Waals surface area contributed by atoms with Gasteiger partial charge in [0.25, 0.3) is 5.91 Å². The van der Waals surface area contributed by atoms with E-state index < -0.39 is 0 Å². The van der Waals surface area contributed by atoms with E-state index in [9.17, 15) is 4.79 Å². The number of hydrogen-bond acceptors (Lipinski definition) is 5. The third kappa shape index (κ3) is 5.17. The number of nitrogens with two attached hydrogens (primary N) is 1. The van der Waals surface area contributed by atoms with Crippen molar-refractivity contribution in [1.82, 2.24) is 25.2 Å². The van der Waals surface area contributed by atoms with Gasteiger partial charge in [0.15, 0.2) is 5.69 Å². The number of likely N-dealkylation sites (tertiary alicyclic amines) is 1. The fourth-order valence-electron chi connectivity index (χ4n) is 3.10. The van der Waals surface area contributed by atoms with Crippen LogP contribution in [-0.2, 0) is 13.1 Å². The molecule has 0 spiro atoms. The largest absolute Gasteiger partial charge is 0.348 e. The highest BCUT2D eigenvalue weighted by atomic mass is 35.5. The van der Waals surface area contributed by atoms with Gasteiger partial charge in [-0.1, -0.05) is 28.4 Å². The molecule has 0 aliphatic carbocycles. The van der Waals surface area contributed by atoms with Crippen molar-refractivity contribution in [1.29, 1.82) is 0 Å². The lowest BCUT2D eigenvalue weighted by Crippen LogP contribution is -2.44. The van der Waals surface area contributed by atoms with Gasteiger partial charge in [-0.15, -0.1) is 5.10 Å². The van der Waals surface area contributed by atoms with Gasteiger partial charge in [0, 0.05) is 42.3 Å². The van der Waals surface area contributed by atoms with Crippen LogP contribution >= 0.6 is 23.2 Å². The third-order valence-corrected chi connectivity index (χ3v) is 4.82. The van der Waals surface area contributed by atoms with E-state index in [1.807, 2.05) is 12.1 Å². The summed E-state index contributed by atoms with van der Waals surface area (Å²) in [6.07, 6.45) is 3.40. The number of rotatable bonds is 6. The summed E-state index contributed by atoms with van der Waals surface area (Å²) in [4.78, 5) is 14.6. The predicted molar refractivity (Wildman–Crippen MR) is 101 cm³/mol. The highest BCUT2D eigenvalue weighted by Crippen LogP contribution is 2.21. The summed E-state index contributed by atoms with van der Waals surface area (Å²) < 4.78 is 1.58. The number of nitrogens with one attached hydrogen (secondary N) is 1. The van der Waals surface area contributed by atoms with Crippen LogP contribution in [0, 0.1) is 0 Å². The van der Waals surface area contributed by atoms with Crippen molar-refractivity contribution in [3.05, 3.63) is 45.7 Å². The predicted octanol–water partition coefficient (Wildman–Crippen LogP) is 1.94. The van der Waals surface area contributed by atoms with Crippen LogP contribution in [0.5, 0.6) is 0 Å². The molecule has 1 saturated heterocycles. The molecule has 3 rings (SSSR count). The summed E-state index contributed by atoms with van der Waals surface area (Å²) in [7, 11) is 0. The quantitative estimate of drug-likeness (QED) is 0.778. The highest BCUT2D eigenvalue weighted by Gasteiger charge is 2.22. The number of hydrogen-bond donors (Lipinski definition) is 2. The number of nitrogens with zero attached hydrogens (tertiary/aromatic N) is 4. The maximum absolute atomic E-state index is 12.3.